The maximum atomic E-state index is 6.24. The van der Waals surface area contributed by atoms with Gasteiger partial charge in [-0.1, -0.05) is 12.1 Å². The number of nitrogens with zero attached hydrogens (tertiary/aromatic N) is 4. The van der Waals surface area contributed by atoms with Crippen LogP contribution in [0, 0.1) is 0 Å². The molecule has 5 nitrogen and oxygen atoms in total. The SMILES string of the molecule is Cn1ncnc1CC(N)c1ccc2ncccc2c1. The van der Waals surface area contributed by atoms with E-state index in [-0.39, 0.29) is 6.04 Å². The van der Waals surface area contributed by atoms with E-state index in [1.54, 1.807) is 17.2 Å². The third-order valence-electron chi connectivity index (χ3n) is 3.26. The molecule has 0 radical (unpaired) electrons. The highest BCUT2D eigenvalue weighted by Crippen LogP contribution is 2.19. The third kappa shape index (κ3) is 2.32. The average Bonchev–Trinajstić information content (AvgIpc) is 2.84. The highest BCUT2D eigenvalue weighted by atomic mass is 15.3. The maximum absolute atomic E-state index is 6.24. The quantitative estimate of drug-likeness (QED) is 0.769. The fourth-order valence-corrected chi connectivity index (χ4v) is 2.14. The van der Waals surface area contributed by atoms with Crippen molar-refractivity contribution in [3.05, 3.63) is 54.2 Å². The molecule has 3 rings (SSSR count). The summed E-state index contributed by atoms with van der Waals surface area (Å²) >= 11 is 0. The number of rotatable bonds is 3. The Hall–Kier alpha value is -2.27. The van der Waals surface area contributed by atoms with Crippen molar-refractivity contribution >= 4 is 10.9 Å². The molecule has 1 aromatic carbocycles. The molecule has 0 fully saturated rings. The Morgan fingerprint density at radius 3 is 2.95 bits per heavy atom. The van der Waals surface area contributed by atoms with E-state index in [1.807, 2.05) is 31.3 Å². The lowest BCUT2D eigenvalue weighted by Crippen LogP contribution is -2.16. The van der Waals surface area contributed by atoms with Crippen LogP contribution in [-0.2, 0) is 13.5 Å². The molecule has 5 heteroatoms. The van der Waals surface area contributed by atoms with Crippen LogP contribution in [0.1, 0.15) is 17.4 Å². The molecule has 19 heavy (non-hydrogen) atoms. The summed E-state index contributed by atoms with van der Waals surface area (Å²) in [5.74, 6) is 0.888. The number of aromatic nitrogens is 4. The molecule has 2 heterocycles. The number of hydrogen-bond donors (Lipinski definition) is 1. The van der Waals surface area contributed by atoms with Crippen LogP contribution in [0.15, 0.2) is 42.9 Å². The topological polar surface area (TPSA) is 69.6 Å². The van der Waals surface area contributed by atoms with Gasteiger partial charge >= 0.3 is 0 Å². The van der Waals surface area contributed by atoms with Crippen molar-refractivity contribution in [3.63, 3.8) is 0 Å². The smallest absolute Gasteiger partial charge is 0.138 e. The van der Waals surface area contributed by atoms with E-state index >= 15 is 0 Å². The number of nitrogens with two attached hydrogens (primary N) is 1. The van der Waals surface area contributed by atoms with E-state index in [9.17, 15) is 0 Å². The van der Waals surface area contributed by atoms with E-state index in [4.69, 9.17) is 5.73 Å². The van der Waals surface area contributed by atoms with Gasteiger partial charge in [0.2, 0.25) is 0 Å². The van der Waals surface area contributed by atoms with Gasteiger partial charge in [-0.15, -0.1) is 0 Å². The first-order valence-corrected chi connectivity index (χ1v) is 6.17. The first-order chi connectivity index (χ1) is 9.24. The van der Waals surface area contributed by atoms with Crippen molar-refractivity contribution in [1.82, 2.24) is 19.7 Å². The van der Waals surface area contributed by atoms with E-state index in [0.29, 0.717) is 6.42 Å². The number of pyridine rings is 1. The molecule has 0 aliphatic carbocycles. The lowest BCUT2D eigenvalue weighted by Gasteiger charge is -2.12. The Kier molecular flexibility index (Phi) is 2.97. The van der Waals surface area contributed by atoms with Crippen LogP contribution in [0.4, 0.5) is 0 Å². The molecule has 0 saturated heterocycles. The molecule has 0 amide bonds. The molecule has 0 aliphatic rings. The minimum absolute atomic E-state index is 0.0903. The van der Waals surface area contributed by atoms with Gasteiger partial charge in [-0.25, -0.2) is 4.98 Å². The largest absolute Gasteiger partial charge is 0.324 e. The molecule has 0 aliphatic heterocycles. The molecule has 0 bridgehead atoms. The van der Waals surface area contributed by atoms with Gasteiger partial charge in [0.05, 0.1) is 5.52 Å². The summed E-state index contributed by atoms with van der Waals surface area (Å²) in [6, 6.07) is 10.00. The van der Waals surface area contributed by atoms with E-state index < -0.39 is 0 Å². The van der Waals surface area contributed by atoms with Crippen molar-refractivity contribution in [3.8, 4) is 0 Å². The molecular weight excluding hydrogens is 238 g/mol. The van der Waals surface area contributed by atoms with Crippen molar-refractivity contribution in [2.75, 3.05) is 0 Å². The normalized spacial score (nSPS) is 12.7. The predicted molar refractivity (Wildman–Crippen MR) is 73.4 cm³/mol. The van der Waals surface area contributed by atoms with Crippen molar-refractivity contribution in [2.45, 2.75) is 12.5 Å². The first kappa shape index (κ1) is 11.8. The van der Waals surface area contributed by atoms with E-state index in [1.165, 1.54) is 0 Å². The van der Waals surface area contributed by atoms with E-state index in [0.717, 1.165) is 22.3 Å². The summed E-state index contributed by atoms with van der Waals surface area (Å²) in [5.41, 5.74) is 8.31. The Labute approximate surface area is 111 Å². The van der Waals surface area contributed by atoms with Crippen LogP contribution < -0.4 is 5.73 Å². The summed E-state index contributed by atoms with van der Waals surface area (Å²) in [6.45, 7) is 0. The highest BCUT2D eigenvalue weighted by molar-refractivity contribution is 5.79. The van der Waals surface area contributed by atoms with Gasteiger partial charge < -0.3 is 5.73 Å². The Bertz CT molecular complexity index is 704. The van der Waals surface area contributed by atoms with Crippen molar-refractivity contribution in [1.29, 1.82) is 0 Å². The minimum Gasteiger partial charge on any atom is -0.324 e. The second-order valence-corrected chi connectivity index (χ2v) is 4.57. The van der Waals surface area contributed by atoms with Crippen molar-refractivity contribution < 1.29 is 0 Å². The van der Waals surface area contributed by atoms with Gasteiger partial charge in [-0.05, 0) is 23.8 Å². The molecule has 0 saturated carbocycles. The van der Waals surface area contributed by atoms with Crippen LogP contribution in [0.3, 0.4) is 0 Å². The second kappa shape index (κ2) is 4.78. The van der Waals surface area contributed by atoms with Crippen LogP contribution >= 0.6 is 0 Å². The van der Waals surface area contributed by atoms with Gasteiger partial charge in [-0.3, -0.25) is 9.67 Å². The van der Waals surface area contributed by atoms with Crippen LogP contribution in [0.5, 0.6) is 0 Å². The predicted octanol–water partition coefficient (Wildman–Crippen LogP) is 1.61. The monoisotopic (exact) mass is 253 g/mol. The van der Waals surface area contributed by atoms with Gasteiger partial charge in [0.25, 0.3) is 0 Å². The molecule has 0 spiro atoms. The lowest BCUT2D eigenvalue weighted by atomic mass is 10.0. The minimum atomic E-state index is -0.0903. The van der Waals surface area contributed by atoms with Crippen LogP contribution in [0.25, 0.3) is 10.9 Å². The first-order valence-electron chi connectivity index (χ1n) is 6.17. The molecule has 1 unspecified atom stereocenters. The Morgan fingerprint density at radius 2 is 2.16 bits per heavy atom. The summed E-state index contributed by atoms with van der Waals surface area (Å²) in [6.07, 6.45) is 4.01. The lowest BCUT2D eigenvalue weighted by molar-refractivity contribution is 0.630. The van der Waals surface area contributed by atoms with Crippen LogP contribution in [0.2, 0.25) is 0 Å². The fraction of sp³-hybridized carbons (Fsp3) is 0.214. The van der Waals surface area contributed by atoms with Crippen molar-refractivity contribution in [2.24, 2.45) is 12.8 Å². The zero-order valence-electron chi connectivity index (χ0n) is 10.7. The molecular formula is C14H15N5. The Morgan fingerprint density at radius 1 is 1.26 bits per heavy atom. The standard InChI is InChI=1S/C14H15N5/c1-19-14(17-9-18-19)8-12(15)10-4-5-13-11(7-10)3-2-6-16-13/h2-7,9,12H,8,15H2,1H3. The number of fused-ring (bicyclic) bond motifs is 1. The summed E-state index contributed by atoms with van der Waals surface area (Å²) in [7, 11) is 1.87. The highest BCUT2D eigenvalue weighted by Gasteiger charge is 2.11. The summed E-state index contributed by atoms with van der Waals surface area (Å²) < 4.78 is 1.75. The van der Waals surface area contributed by atoms with Gasteiger partial charge in [0.1, 0.15) is 12.2 Å². The molecule has 1 atom stereocenters. The molecule has 96 valence electrons. The Balaban J connectivity index is 1.89. The third-order valence-corrected chi connectivity index (χ3v) is 3.26. The summed E-state index contributed by atoms with van der Waals surface area (Å²) in [4.78, 5) is 8.51. The number of benzene rings is 1. The fourth-order valence-electron chi connectivity index (χ4n) is 2.14. The number of hydrogen-bond acceptors (Lipinski definition) is 4. The molecule has 2 aromatic heterocycles. The van der Waals surface area contributed by atoms with Crippen LogP contribution in [-0.4, -0.2) is 19.7 Å². The zero-order valence-corrected chi connectivity index (χ0v) is 10.7. The molecule has 2 N–H and O–H groups in total. The van der Waals surface area contributed by atoms with Gasteiger partial charge in [0, 0.05) is 31.1 Å². The maximum Gasteiger partial charge on any atom is 0.138 e. The van der Waals surface area contributed by atoms with E-state index in [2.05, 4.69) is 21.1 Å². The second-order valence-electron chi connectivity index (χ2n) is 4.57. The van der Waals surface area contributed by atoms with Gasteiger partial charge in [0.15, 0.2) is 0 Å². The summed E-state index contributed by atoms with van der Waals surface area (Å²) in [5, 5.41) is 5.16. The number of aryl methyl sites for hydroxylation is 1. The molecule has 3 aromatic rings. The average molecular weight is 253 g/mol. The van der Waals surface area contributed by atoms with Gasteiger partial charge in [-0.2, -0.15) is 5.10 Å². The zero-order chi connectivity index (χ0) is 13.2.